The molecule has 2 aromatic rings. The van der Waals surface area contributed by atoms with Gasteiger partial charge in [0.1, 0.15) is 10.6 Å². The van der Waals surface area contributed by atoms with Crippen LogP contribution in [-0.2, 0) is 10.0 Å². The zero-order valence-electron chi connectivity index (χ0n) is 13.5. The van der Waals surface area contributed by atoms with E-state index in [9.17, 15) is 8.42 Å². The summed E-state index contributed by atoms with van der Waals surface area (Å²) in [6.07, 6.45) is 1.62. The van der Waals surface area contributed by atoms with Crippen LogP contribution < -0.4 is 9.64 Å². The third kappa shape index (κ3) is 3.34. The highest BCUT2D eigenvalue weighted by atomic mass is 32.2. The Morgan fingerprint density at radius 1 is 1.08 bits per heavy atom. The molecule has 1 aliphatic heterocycles. The first-order chi connectivity index (χ1) is 11.6. The van der Waals surface area contributed by atoms with E-state index in [0.717, 1.165) is 5.82 Å². The van der Waals surface area contributed by atoms with Crippen LogP contribution in [0.5, 0.6) is 5.75 Å². The molecule has 0 bridgehead atoms. The van der Waals surface area contributed by atoms with E-state index in [0.29, 0.717) is 38.5 Å². The first-order valence-corrected chi connectivity index (χ1v) is 9.31. The van der Waals surface area contributed by atoms with Crippen LogP contribution in [0.15, 0.2) is 47.5 Å². The van der Waals surface area contributed by atoms with Crippen molar-refractivity contribution in [1.82, 2.24) is 14.5 Å². The third-order valence-electron chi connectivity index (χ3n) is 3.89. The van der Waals surface area contributed by atoms with E-state index in [1.807, 2.05) is 24.0 Å². The van der Waals surface area contributed by atoms with E-state index < -0.39 is 10.0 Å². The summed E-state index contributed by atoms with van der Waals surface area (Å²) in [5, 5.41) is 7.94. The molecular weight excluding hydrogens is 328 g/mol. The second kappa shape index (κ2) is 7.14. The molecule has 7 nitrogen and oxygen atoms in total. The molecule has 1 aromatic carbocycles. The summed E-state index contributed by atoms with van der Waals surface area (Å²) in [7, 11) is -3.57. The molecule has 3 rings (SSSR count). The average molecular weight is 348 g/mol. The third-order valence-corrected chi connectivity index (χ3v) is 5.83. The van der Waals surface area contributed by atoms with Gasteiger partial charge in [-0.15, -0.1) is 5.10 Å². The molecule has 0 aliphatic carbocycles. The molecule has 0 radical (unpaired) electrons. The first-order valence-electron chi connectivity index (χ1n) is 7.87. The summed E-state index contributed by atoms with van der Waals surface area (Å²) < 4.78 is 32.8. The summed E-state index contributed by atoms with van der Waals surface area (Å²) in [6, 6.07) is 10.5. The lowest BCUT2D eigenvalue weighted by molar-refractivity contribution is 0.327. The number of sulfonamides is 1. The highest BCUT2D eigenvalue weighted by molar-refractivity contribution is 7.89. The van der Waals surface area contributed by atoms with Gasteiger partial charge in [-0.2, -0.15) is 9.40 Å². The molecule has 0 saturated carbocycles. The van der Waals surface area contributed by atoms with E-state index >= 15 is 0 Å². The van der Waals surface area contributed by atoms with Crippen LogP contribution >= 0.6 is 0 Å². The van der Waals surface area contributed by atoms with Gasteiger partial charge in [-0.25, -0.2) is 8.42 Å². The van der Waals surface area contributed by atoms with Gasteiger partial charge in [-0.1, -0.05) is 12.1 Å². The van der Waals surface area contributed by atoms with Crippen LogP contribution in [0, 0.1) is 0 Å². The minimum Gasteiger partial charge on any atom is -0.492 e. The minimum absolute atomic E-state index is 0.222. The summed E-state index contributed by atoms with van der Waals surface area (Å²) in [5.74, 6) is 1.17. The Balaban J connectivity index is 1.76. The van der Waals surface area contributed by atoms with Crippen LogP contribution in [0.1, 0.15) is 6.92 Å². The summed E-state index contributed by atoms with van der Waals surface area (Å²) in [4.78, 5) is 2.26. The van der Waals surface area contributed by atoms with Gasteiger partial charge in [-0.05, 0) is 31.2 Å². The second-order valence-electron chi connectivity index (χ2n) is 5.35. The molecule has 24 heavy (non-hydrogen) atoms. The highest BCUT2D eigenvalue weighted by Crippen LogP contribution is 2.27. The van der Waals surface area contributed by atoms with E-state index in [2.05, 4.69) is 10.2 Å². The van der Waals surface area contributed by atoms with Crippen molar-refractivity contribution in [3.05, 3.63) is 42.6 Å². The lowest BCUT2D eigenvalue weighted by Crippen LogP contribution is -2.49. The molecule has 1 saturated heterocycles. The van der Waals surface area contributed by atoms with Crippen molar-refractivity contribution < 1.29 is 13.2 Å². The molecular formula is C16H20N4O3S. The number of piperazine rings is 1. The van der Waals surface area contributed by atoms with Crippen LogP contribution in [0.3, 0.4) is 0 Å². The second-order valence-corrected chi connectivity index (χ2v) is 7.26. The highest BCUT2D eigenvalue weighted by Gasteiger charge is 2.31. The Morgan fingerprint density at radius 2 is 1.83 bits per heavy atom. The van der Waals surface area contributed by atoms with Gasteiger partial charge in [0.2, 0.25) is 10.0 Å². The Labute approximate surface area is 141 Å². The molecule has 0 atom stereocenters. The van der Waals surface area contributed by atoms with E-state index in [1.165, 1.54) is 4.31 Å². The largest absolute Gasteiger partial charge is 0.492 e. The normalized spacial score (nSPS) is 16.1. The molecule has 128 valence electrons. The quantitative estimate of drug-likeness (QED) is 0.813. The number of rotatable bonds is 5. The van der Waals surface area contributed by atoms with Gasteiger partial charge in [-0.3, -0.25) is 0 Å². The zero-order valence-corrected chi connectivity index (χ0v) is 14.3. The number of hydrogen-bond donors (Lipinski definition) is 0. The summed E-state index contributed by atoms with van der Waals surface area (Å²) in [5.41, 5.74) is 0. The van der Waals surface area contributed by atoms with Gasteiger partial charge >= 0.3 is 0 Å². The van der Waals surface area contributed by atoms with Crippen LogP contribution in [0.4, 0.5) is 5.82 Å². The Hall–Kier alpha value is -2.19. The molecule has 8 heteroatoms. The number of anilines is 1. The maximum atomic E-state index is 12.9. The topological polar surface area (TPSA) is 75.6 Å². The van der Waals surface area contributed by atoms with Crippen molar-refractivity contribution >= 4 is 15.8 Å². The number of ether oxygens (including phenoxy) is 1. The van der Waals surface area contributed by atoms with Crippen LogP contribution in [0.2, 0.25) is 0 Å². The van der Waals surface area contributed by atoms with E-state index in [-0.39, 0.29) is 4.90 Å². The molecule has 1 fully saturated rings. The van der Waals surface area contributed by atoms with Crippen molar-refractivity contribution in [1.29, 1.82) is 0 Å². The fourth-order valence-electron chi connectivity index (χ4n) is 2.70. The molecule has 0 amide bonds. The Bertz CT molecular complexity index is 775. The fourth-order valence-corrected chi connectivity index (χ4v) is 4.25. The standard InChI is InChI=1S/C16H20N4O3S/c1-2-23-14-6-3-4-7-15(14)24(21,22)20-12-10-19(11-13-20)16-8-5-9-17-18-16/h3-9H,2,10-13H2,1H3. The predicted molar refractivity (Wildman–Crippen MR) is 90.6 cm³/mol. The van der Waals surface area contributed by atoms with Gasteiger partial charge in [0.15, 0.2) is 5.82 Å². The smallest absolute Gasteiger partial charge is 0.246 e. The SMILES string of the molecule is CCOc1ccccc1S(=O)(=O)N1CCN(c2cccnn2)CC1. The lowest BCUT2D eigenvalue weighted by atomic mass is 10.3. The molecule has 0 spiro atoms. The van der Waals surface area contributed by atoms with Gasteiger partial charge in [0.05, 0.1) is 6.61 Å². The molecule has 1 aromatic heterocycles. The maximum absolute atomic E-state index is 12.9. The first kappa shape index (κ1) is 16.7. The van der Waals surface area contributed by atoms with Gasteiger partial charge in [0, 0.05) is 32.4 Å². The monoisotopic (exact) mass is 348 g/mol. The van der Waals surface area contributed by atoms with Crippen molar-refractivity contribution in [2.45, 2.75) is 11.8 Å². The van der Waals surface area contributed by atoms with E-state index in [4.69, 9.17) is 4.74 Å². The molecule has 1 aliphatic rings. The maximum Gasteiger partial charge on any atom is 0.246 e. The van der Waals surface area contributed by atoms with Crippen molar-refractivity contribution in [3.8, 4) is 5.75 Å². The zero-order chi connectivity index (χ0) is 17.0. The fraction of sp³-hybridized carbons (Fsp3) is 0.375. The Morgan fingerprint density at radius 3 is 2.50 bits per heavy atom. The number of hydrogen-bond acceptors (Lipinski definition) is 6. The average Bonchev–Trinajstić information content (AvgIpc) is 2.63. The predicted octanol–water partition coefficient (Wildman–Crippen LogP) is 1.39. The number of nitrogens with zero attached hydrogens (tertiary/aromatic N) is 4. The number of benzene rings is 1. The molecule has 0 N–H and O–H groups in total. The molecule has 2 heterocycles. The lowest BCUT2D eigenvalue weighted by Gasteiger charge is -2.34. The summed E-state index contributed by atoms with van der Waals surface area (Å²) in [6.45, 7) is 4.22. The molecule has 0 unspecified atom stereocenters. The van der Waals surface area contributed by atoms with Crippen molar-refractivity contribution in [2.75, 3.05) is 37.7 Å². The van der Waals surface area contributed by atoms with Gasteiger partial charge < -0.3 is 9.64 Å². The minimum atomic E-state index is -3.57. The Kier molecular flexibility index (Phi) is 4.96. The summed E-state index contributed by atoms with van der Waals surface area (Å²) >= 11 is 0. The van der Waals surface area contributed by atoms with Crippen LogP contribution in [0.25, 0.3) is 0 Å². The van der Waals surface area contributed by atoms with Crippen molar-refractivity contribution in [3.63, 3.8) is 0 Å². The van der Waals surface area contributed by atoms with Crippen molar-refractivity contribution in [2.24, 2.45) is 0 Å². The van der Waals surface area contributed by atoms with Crippen LogP contribution in [-0.4, -0.2) is 55.7 Å². The number of aromatic nitrogens is 2. The van der Waals surface area contributed by atoms with Gasteiger partial charge in [0.25, 0.3) is 0 Å². The van der Waals surface area contributed by atoms with E-state index in [1.54, 1.807) is 30.5 Å². The number of para-hydroxylation sites is 1.